The molecule has 2 aromatic carbocycles. The molecular weight excluding hydrogens is 364 g/mol. The van der Waals surface area contributed by atoms with Crippen LogP contribution in [0.1, 0.15) is 11.1 Å². The lowest BCUT2D eigenvalue weighted by atomic mass is 10.1. The van der Waals surface area contributed by atoms with Gasteiger partial charge in [-0.3, -0.25) is 4.79 Å². The van der Waals surface area contributed by atoms with Gasteiger partial charge in [-0.1, -0.05) is 17.7 Å². The van der Waals surface area contributed by atoms with E-state index in [4.69, 9.17) is 21.1 Å². The van der Waals surface area contributed by atoms with Crippen molar-refractivity contribution in [2.75, 3.05) is 19.8 Å². The third-order valence-electron chi connectivity index (χ3n) is 4.42. The average molecular weight is 383 g/mol. The van der Waals surface area contributed by atoms with E-state index in [-0.39, 0.29) is 5.91 Å². The Kier molecular flexibility index (Phi) is 5.03. The minimum atomic E-state index is -0.136. The van der Waals surface area contributed by atoms with Crippen LogP contribution in [0.5, 0.6) is 11.5 Å². The minimum Gasteiger partial charge on any atom is -0.486 e. The standard InChI is InChI=1S/C21H19ClN2O3/c22-16-3-4-18-17(12-16)15(13-24-18)7-8-23-21(25)6-2-14-1-5-19-20(11-14)27-10-9-26-19/h1-6,11-13,24H,7-10H2,(H,23,25). The van der Waals surface area contributed by atoms with Crippen LogP contribution in [0.4, 0.5) is 0 Å². The van der Waals surface area contributed by atoms with Crippen molar-refractivity contribution in [3.63, 3.8) is 0 Å². The highest BCUT2D eigenvalue weighted by Crippen LogP contribution is 2.31. The molecule has 1 amide bonds. The molecule has 2 heterocycles. The molecule has 0 atom stereocenters. The van der Waals surface area contributed by atoms with Gasteiger partial charge in [-0.2, -0.15) is 0 Å². The fraction of sp³-hybridized carbons (Fsp3) is 0.190. The number of benzene rings is 2. The van der Waals surface area contributed by atoms with Gasteiger partial charge in [0.2, 0.25) is 5.91 Å². The summed E-state index contributed by atoms with van der Waals surface area (Å²) in [7, 11) is 0. The van der Waals surface area contributed by atoms with Gasteiger partial charge in [0.1, 0.15) is 13.2 Å². The topological polar surface area (TPSA) is 63.4 Å². The van der Waals surface area contributed by atoms with Gasteiger partial charge < -0.3 is 19.8 Å². The molecule has 0 saturated carbocycles. The lowest BCUT2D eigenvalue weighted by Gasteiger charge is -2.18. The molecule has 3 aromatic rings. The maximum atomic E-state index is 12.1. The Balaban J connectivity index is 1.33. The summed E-state index contributed by atoms with van der Waals surface area (Å²) in [6.07, 6.45) is 5.97. The zero-order valence-electron chi connectivity index (χ0n) is 14.6. The summed E-state index contributed by atoms with van der Waals surface area (Å²) in [5.74, 6) is 1.31. The number of rotatable bonds is 5. The molecule has 0 radical (unpaired) electrons. The van der Waals surface area contributed by atoms with Crippen molar-refractivity contribution in [3.8, 4) is 11.5 Å². The van der Waals surface area contributed by atoms with Gasteiger partial charge in [-0.25, -0.2) is 0 Å². The molecule has 27 heavy (non-hydrogen) atoms. The molecule has 138 valence electrons. The Labute approximate surface area is 161 Å². The highest BCUT2D eigenvalue weighted by atomic mass is 35.5. The molecule has 0 bridgehead atoms. The number of halogens is 1. The normalized spacial score (nSPS) is 13.2. The van der Waals surface area contributed by atoms with Gasteiger partial charge >= 0.3 is 0 Å². The molecule has 0 fully saturated rings. The zero-order chi connectivity index (χ0) is 18.6. The first-order chi connectivity index (χ1) is 13.2. The average Bonchev–Trinajstić information content (AvgIpc) is 3.08. The molecule has 2 N–H and O–H groups in total. The number of ether oxygens (including phenoxy) is 2. The molecule has 1 aliphatic heterocycles. The zero-order valence-corrected chi connectivity index (χ0v) is 15.4. The summed E-state index contributed by atoms with van der Waals surface area (Å²) in [6.45, 7) is 1.65. The quantitative estimate of drug-likeness (QED) is 0.656. The van der Waals surface area contributed by atoms with Crippen LogP contribution in [0.25, 0.3) is 17.0 Å². The van der Waals surface area contributed by atoms with E-state index in [1.807, 2.05) is 42.6 Å². The van der Waals surface area contributed by atoms with Crippen LogP contribution in [0.3, 0.4) is 0 Å². The van der Waals surface area contributed by atoms with Crippen LogP contribution in [-0.2, 0) is 11.2 Å². The summed E-state index contributed by atoms with van der Waals surface area (Å²) in [5, 5.41) is 4.69. The van der Waals surface area contributed by atoms with Crippen molar-refractivity contribution in [2.45, 2.75) is 6.42 Å². The molecule has 4 rings (SSSR count). The predicted octanol–water partition coefficient (Wildman–Crippen LogP) is 3.96. The van der Waals surface area contributed by atoms with Gasteiger partial charge in [0.05, 0.1) is 0 Å². The Morgan fingerprint density at radius 2 is 2.00 bits per heavy atom. The largest absolute Gasteiger partial charge is 0.486 e. The number of hydrogen-bond acceptors (Lipinski definition) is 3. The number of fused-ring (bicyclic) bond motifs is 2. The molecule has 1 aliphatic rings. The van der Waals surface area contributed by atoms with E-state index in [9.17, 15) is 4.79 Å². The van der Waals surface area contributed by atoms with Crippen LogP contribution in [0, 0.1) is 0 Å². The summed E-state index contributed by atoms with van der Waals surface area (Å²) >= 11 is 6.07. The summed E-state index contributed by atoms with van der Waals surface area (Å²) < 4.78 is 11.0. The Hall–Kier alpha value is -2.92. The molecule has 0 unspecified atom stereocenters. The van der Waals surface area contributed by atoms with Crippen LogP contribution in [0.15, 0.2) is 48.7 Å². The van der Waals surface area contributed by atoms with Crippen LogP contribution in [0.2, 0.25) is 5.02 Å². The molecule has 5 nitrogen and oxygen atoms in total. The first kappa shape index (κ1) is 17.5. The highest BCUT2D eigenvalue weighted by molar-refractivity contribution is 6.31. The van der Waals surface area contributed by atoms with Gasteiger partial charge in [0.25, 0.3) is 0 Å². The maximum Gasteiger partial charge on any atom is 0.244 e. The number of carbonyl (C=O) groups is 1. The van der Waals surface area contributed by atoms with Crippen molar-refractivity contribution < 1.29 is 14.3 Å². The smallest absolute Gasteiger partial charge is 0.244 e. The third-order valence-corrected chi connectivity index (χ3v) is 4.65. The Morgan fingerprint density at radius 1 is 1.15 bits per heavy atom. The van der Waals surface area contributed by atoms with E-state index in [1.54, 1.807) is 6.08 Å². The summed E-state index contributed by atoms with van der Waals surface area (Å²) in [4.78, 5) is 15.3. The van der Waals surface area contributed by atoms with E-state index in [2.05, 4.69) is 10.3 Å². The lowest BCUT2D eigenvalue weighted by Crippen LogP contribution is -2.23. The number of H-pyrrole nitrogens is 1. The third kappa shape index (κ3) is 4.09. The fourth-order valence-electron chi connectivity index (χ4n) is 3.07. The minimum absolute atomic E-state index is 0.136. The number of hydrogen-bond donors (Lipinski definition) is 2. The monoisotopic (exact) mass is 382 g/mol. The second kappa shape index (κ2) is 7.76. The number of nitrogens with one attached hydrogen (secondary N) is 2. The summed E-state index contributed by atoms with van der Waals surface area (Å²) in [6, 6.07) is 11.4. The Bertz CT molecular complexity index is 1010. The maximum absolute atomic E-state index is 12.1. The van der Waals surface area contributed by atoms with Gasteiger partial charge in [0.15, 0.2) is 11.5 Å². The molecule has 0 spiro atoms. The molecular formula is C21H19ClN2O3. The van der Waals surface area contributed by atoms with E-state index in [0.29, 0.717) is 30.5 Å². The number of aromatic amines is 1. The highest BCUT2D eigenvalue weighted by Gasteiger charge is 2.11. The second-order valence-electron chi connectivity index (χ2n) is 6.28. The van der Waals surface area contributed by atoms with Gasteiger partial charge in [-0.15, -0.1) is 0 Å². The predicted molar refractivity (Wildman–Crippen MR) is 106 cm³/mol. The number of carbonyl (C=O) groups excluding carboxylic acids is 1. The van der Waals surface area contributed by atoms with Gasteiger partial charge in [-0.05, 0) is 54.0 Å². The van der Waals surface area contributed by atoms with Crippen LogP contribution >= 0.6 is 11.6 Å². The van der Waals surface area contributed by atoms with Gasteiger partial charge in [0, 0.05) is 34.7 Å². The Morgan fingerprint density at radius 3 is 2.89 bits per heavy atom. The van der Waals surface area contributed by atoms with E-state index < -0.39 is 0 Å². The van der Waals surface area contributed by atoms with E-state index >= 15 is 0 Å². The van der Waals surface area contributed by atoms with E-state index in [0.717, 1.165) is 34.2 Å². The van der Waals surface area contributed by atoms with E-state index in [1.165, 1.54) is 6.08 Å². The second-order valence-corrected chi connectivity index (χ2v) is 6.72. The number of aromatic nitrogens is 1. The van der Waals surface area contributed by atoms with Crippen LogP contribution < -0.4 is 14.8 Å². The van der Waals surface area contributed by atoms with Crippen LogP contribution in [-0.4, -0.2) is 30.6 Å². The fourth-order valence-corrected chi connectivity index (χ4v) is 3.24. The first-order valence-electron chi connectivity index (χ1n) is 8.80. The van der Waals surface area contributed by atoms with Crippen molar-refractivity contribution in [1.82, 2.24) is 10.3 Å². The molecule has 0 saturated heterocycles. The van der Waals surface area contributed by atoms with Crippen molar-refractivity contribution in [2.24, 2.45) is 0 Å². The number of amides is 1. The van der Waals surface area contributed by atoms with Crippen molar-refractivity contribution in [1.29, 1.82) is 0 Å². The molecule has 6 heteroatoms. The molecule has 0 aliphatic carbocycles. The van der Waals surface area contributed by atoms with Crippen molar-refractivity contribution >= 4 is 34.5 Å². The lowest BCUT2D eigenvalue weighted by molar-refractivity contribution is -0.116. The molecule has 1 aromatic heterocycles. The SMILES string of the molecule is O=C(C=Cc1ccc2c(c1)OCCO2)NCCc1c[nH]c2ccc(Cl)cc12. The van der Waals surface area contributed by atoms with Crippen molar-refractivity contribution in [3.05, 3.63) is 64.8 Å². The first-order valence-corrected chi connectivity index (χ1v) is 9.18. The summed E-state index contributed by atoms with van der Waals surface area (Å²) in [5.41, 5.74) is 3.06.